The minimum absolute atomic E-state index is 0.118. The Kier molecular flexibility index (Phi) is 5.34. The Balaban J connectivity index is 1.50. The third-order valence-corrected chi connectivity index (χ3v) is 8.21. The minimum Gasteiger partial charge on any atom is -0.268 e. The summed E-state index contributed by atoms with van der Waals surface area (Å²) in [5.41, 5.74) is 8.80. The third kappa shape index (κ3) is 3.70. The number of aromatic nitrogens is 2. The lowest BCUT2D eigenvalue weighted by molar-refractivity contribution is 1.19. The molecule has 2 aromatic heterocycles. The smallest absolute Gasteiger partial charge is 0.264 e. The summed E-state index contributed by atoms with van der Waals surface area (Å²) in [6, 6.07) is 41.4. The fourth-order valence-electron chi connectivity index (χ4n) is 6.16. The molecule has 5 heteroatoms. The van der Waals surface area contributed by atoms with Crippen LogP contribution in [0, 0.1) is 17.9 Å². The van der Waals surface area contributed by atoms with Crippen molar-refractivity contribution >= 4 is 43.9 Å². The lowest BCUT2D eigenvalue weighted by atomic mass is 9.94. The number of hydrogen-bond acceptors (Lipinski definition) is 3. The zero-order valence-corrected chi connectivity index (χ0v) is 22.7. The van der Waals surface area contributed by atoms with E-state index in [1.807, 2.05) is 72.8 Å². The average Bonchev–Trinajstić information content (AvgIpc) is 3.47. The Morgan fingerprint density at radius 2 is 1.40 bits per heavy atom. The lowest BCUT2D eigenvalue weighted by Crippen LogP contribution is -2.13. The Labute approximate surface area is 246 Å². The van der Waals surface area contributed by atoms with E-state index in [2.05, 4.69) is 35.2 Å². The molecule has 0 saturated heterocycles. The van der Waals surface area contributed by atoms with Crippen LogP contribution in [0.15, 0.2) is 126 Å². The van der Waals surface area contributed by atoms with Gasteiger partial charge in [-0.15, -0.1) is 0 Å². The first-order chi connectivity index (χ1) is 21.1. The van der Waals surface area contributed by atoms with Crippen molar-refractivity contribution in [3.8, 4) is 39.4 Å². The number of nitriles is 1. The SMILES string of the molecule is [C-]#[N+]c1ccc(-c2cc(-c3ccc(C#N)cc3)c3nc4c5cccc6c(-c7ccccc7)ccc(c(=O)n4c3c2)c65)cc1. The molecule has 0 atom stereocenters. The number of fused-ring (bicyclic) bond motifs is 4. The van der Waals surface area contributed by atoms with Crippen molar-refractivity contribution in [2.24, 2.45) is 0 Å². The van der Waals surface area contributed by atoms with Crippen molar-refractivity contribution in [1.29, 1.82) is 5.26 Å². The van der Waals surface area contributed by atoms with Crippen molar-refractivity contribution < 1.29 is 0 Å². The summed E-state index contributed by atoms with van der Waals surface area (Å²) in [6.45, 7) is 7.33. The van der Waals surface area contributed by atoms with E-state index in [1.165, 1.54) is 0 Å². The number of nitrogens with zero attached hydrogens (tertiary/aromatic N) is 4. The van der Waals surface area contributed by atoms with Crippen LogP contribution in [0.25, 0.3) is 76.5 Å². The molecular formula is C38H20N4O. The van der Waals surface area contributed by atoms with Crippen LogP contribution in [-0.4, -0.2) is 9.38 Å². The van der Waals surface area contributed by atoms with E-state index in [4.69, 9.17) is 11.6 Å². The van der Waals surface area contributed by atoms with Crippen LogP contribution in [0.2, 0.25) is 0 Å². The van der Waals surface area contributed by atoms with E-state index in [0.717, 1.165) is 49.5 Å². The zero-order valence-electron chi connectivity index (χ0n) is 22.7. The van der Waals surface area contributed by atoms with Gasteiger partial charge in [0.15, 0.2) is 5.69 Å². The molecule has 5 nitrogen and oxygen atoms in total. The van der Waals surface area contributed by atoms with E-state index in [-0.39, 0.29) is 5.56 Å². The molecule has 0 radical (unpaired) electrons. The Hall–Kier alpha value is -6.30. The summed E-state index contributed by atoms with van der Waals surface area (Å²) in [7, 11) is 0. The summed E-state index contributed by atoms with van der Waals surface area (Å²) < 4.78 is 1.73. The van der Waals surface area contributed by atoms with Crippen LogP contribution in [0.3, 0.4) is 0 Å². The first-order valence-corrected chi connectivity index (χ1v) is 13.9. The number of imidazole rings is 1. The van der Waals surface area contributed by atoms with Gasteiger partial charge in [-0.25, -0.2) is 9.83 Å². The topological polar surface area (TPSA) is 62.5 Å². The third-order valence-electron chi connectivity index (χ3n) is 8.21. The maximum Gasteiger partial charge on any atom is 0.264 e. The fourth-order valence-corrected chi connectivity index (χ4v) is 6.16. The van der Waals surface area contributed by atoms with Gasteiger partial charge in [0.2, 0.25) is 0 Å². The van der Waals surface area contributed by atoms with E-state index >= 15 is 0 Å². The van der Waals surface area contributed by atoms with Crippen LogP contribution < -0.4 is 5.56 Å². The van der Waals surface area contributed by atoms with Crippen LogP contribution >= 0.6 is 0 Å². The van der Waals surface area contributed by atoms with Gasteiger partial charge in [0, 0.05) is 21.7 Å². The van der Waals surface area contributed by atoms with E-state index in [0.29, 0.717) is 33.3 Å². The summed E-state index contributed by atoms with van der Waals surface area (Å²) in [6.07, 6.45) is 0. The second-order valence-electron chi connectivity index (χ2n) is 10.6. The largest absolute Gasteiger partial charge is 0.268 e. The normalized spacial score (nSPS) is 11.3. The van der Waals surface area contributed by atoms with Crippen molar-refractivity contribution in [2.45, 2.75) is 0 Å². The van der Waals surface area contributed by atoms with Crippen molar-refractivity contribution in [2.75, 3.05) is 0 Å². The van der Waals surface area contributed by atoms with Crippen LogP contribution in [0.5, 0.6) is 0 Å². The molecule has 0 N–H and O–H groups in total. The standard InChI is InChI=1S/C38H20N4O/c1-40-28-16-14-24(15-17-28)27-20-33(26-12-10-23(22-39)11-13-26)36-34(21-27)42-37(41-36)31-9-5-8-30-29(25-6-3-2-4-7-25)18-19-32(35(30)31)38(42)43/h2-21H. The minimum atomic E-state index is -0.118. The molecular weight excluding hydrogens is 528 g/mol. The molecule has 0 bridgehead atoms. The Bertz CT molecular complexity index is 2520. The molecule has 0 spiro atoms. The average molecular weight is 549 g/mol. The molecule has 6 aromatic carbocycles. The maximum absolute atomic E-state index is 14.3. The van der Waals surface area contributed by atoms with Gasteiger partial charge >= 0.3 is 0 Å². The van der Waals surface area contributed by atoms with Crippen LogP contribution in [0.1, 0.15) is 5.56 Å². The molecule has 0 fully saturated rings. The molecule has 43 heavy (non-hydrogen) atoms. The van der Waals surface area contributed by atoms with Crippen LogP contribution in [-0.2, 0) is 0 Å². The van der Waals surface area contributed by atoms with Gasteiger partial charge in [-0.3, -0.25) is 9.20 Å². The number of rotatable bonds is 3. The maximum atomic E-state index is 14.3. The van der Waals surface area contributed by atoms with Crippen LogP contribution in [0.4, 0.5) is 5.69 Å². The predicted octanol–water partition coefficient (Wildman–Crippen LogP) is 9.02. The fraction of sp³-hybridized carbons (Fsp3) is 0. The molecule has 0 unspecified atom stereocenters. The number of pyridine rings is 1. The summed E-state index contributed by atoms with van der Waals surface area (Å²) in [5.74, 6) is 0. The van der Waals surface area contributed by atoms with Gasteiger partial charge in [0.1, 0.15) is 5.65 Å². The van der Waals surface area contributed by atoms with E-state index < -0.39 is 0 Å². The van der Waals surface area contributed by atoms with Crippen molar-refractivity contribution in [3.05, 3.63) is 149 Å². The summed E-state index contributed by atoms with van der Waals surface area (Å²) >= 11 is 0. The highest BCUT2D eigenvalue weighted by molar-refractivity contribution is 6.19. The van der Waals surface area contributed by atoms with Crippen molar-refractivity contribution in [1.82, 2.24) is 9.38 Å². The first kappa shape index (κ1) is 24.5. The monoisotopic (exact) mass is 548 g/mol. The highest BCUT2D eigenvalue weighted by Gasteiger charge is 2.20. The van der Waals surface area contributed by atoms with Crippen molar-refractivity contribution in [3.63, 3.8) is 0 Å². The van der Waals surface area contributed by atoms with E-state index in [1.54, 1.807) is 28.7 Å². The first-order valence-electron chi connectivity index (χ1n) is 13.9. The summed E-state index contributed by atoms with van der Waals surface area (Å²) in [5, 5.41) is 12.9. The van der Waals surface area contributed by atoms with Gasteiger partial charge in [-0.1, -0.05) is 91.0 Å². The predicted molar refractivity (Wildman–Crippen MR) is 172 cm³/mol. The van der Waals surface area contributed by atoms with Gasteiger partial charge < -0.3 is 0 Å². The van der Waals surface area contributed by atoms with Gasteiger partial charge in [-0.2, -0.15) is 5.26 Å². The van der Waals surface area contributed by atoms with Gasteiger partial charge in [-0.05, 0) is 63.5 Å². The highest BCUT2D eigenvalue weighted by Crippen LogP contribution is 2.39. The zero-order chi connectivity index (χ0) is 29.1. The second-order valence-corrected chi connectivity index (χ2v) is 10.6. The Morgan fingerprint density at radius 1 is 0.674 bits per heavy atom. The molecule has 8 aromatic rings. The summed E-state index contributed by atoms with van der Waals surface area (Å²) in [4.78, 5) is 23.0. The number of hydrogen-bond donors (Lipinski definition) is 0. The quantitative estimate of drug-likeness (QED) is 0.207. The molecule has 8 rings (SSSR count). The molecule has 0 aliphatic carbocycles. The molecule has 2 heterocycles. The lowest BCUT2D eigenvalue weighted by Gasteiger charge is -2.12. The van der Waals surface area contributed by atoms with E-state index in [9.17, 15) is 10.1 Å². The van der Waals surface area contributed by atoms with Gasteiger partial charge in [0.25, 0.3) is 5.56 Å². The molecule has 0 aliphatic heterocycles. The Morgan fingerprint density at radius 3 is 2.14 bits per heavy atom. The molecule has 0 amide bonds. The molecule has 0 saturated carbocycles. The number of benzene rings is 6. The molecule has 198 valence electrons. The highest BCUT2D eigenvalue weighted by atomic mass is 16.1. The van der Waals surface area contributed by atoms with Gasteiger partial charge in [0.05, 0.1) is 29.2 Å². The second kappa shape index (κ2) is 9.38. The molecule has 0 aliphatic rings.